The summed E-state index contributed by atoms with van der Waals surface area (Å²) in [6.07, 6.45) is -0.352. The fourth-order valence-corrected chi connectivity index (χ4v) is 5.28. The Bertz CT molecular complexity index is 961. The summed E-state index contributed by atoms with van der Waals surface area (Å²) in [5.41, 5.74) is 2.16. The Hall–Kier alpha value is -2.58. The van der Waals surface area contributed by atoms with E-state index in [0.717, 1.165) is 12.0 Å². The first-order valence-electron chi connectivity index (χ1n) is 9.11. The van der Waals surface area contributed by atoms with E-state index in [4.69, 9.17) is 0 Å². The van der Waals surface area contributed by atoms with E-state index in [-0.39, 0.29) is 29.7 Å². The number of phenolic OH excluding ortho intramolecular Hbond substituents is 1. The second kappa shape index (κ2) is 8.20. The van der Waals surface area contributed by atoms with Crippen molar-refractivity contribution in [2.75, 3.05) is 28.3 Å². The minimum Gasteiger partial charge on any atom is -0.508 e. The Morgan fingerprint density at radius 2 is 1.93 bits per heavy atom. The van der Waals surface area contributed by atoms with Gasteiger partial charge in [0, 0.05) is 17.4 Å². The Kier molecular flexibility index (Phi) is 5.90. The zero-order chi connectivity index (χ0) is 20.3. The summed E-state index contributed by atoms with van der Waals surface area (Å²) in [6, 6.07) is 12.9. The number of aliphatic hydroxyl groups excluding tert-OH is 1. The number of para-hydroxylation sites is 1. The van der Waals surface area contributed by atoms with Gasteiger partial charge in [0.25, 0.3) is 0 Å². The van der Waals surface area contributed by atoms with Crippen LogP contribution >= 0.6 is 0 Å². The van der Waals surface area contributed by atoms with Gasteiger partial charge in [-0.25, -0.2) is 8.42 Å². The standard InChI is InChI=1S/C20H24N2O5S/c1-2-14-6-3-4-9-17(14)21-20(25)11-22(15-7-5-8-16(23)10-15)18-12-28(26,27)13-19(18)24/h3-10,18-19,23-24H,2,11-13H2,1H3,(H,21,25). The molecule has 0 bridgehead atoms. The molecular weight excluding hydrogens is 380 g/mol. The number of carbonyl (C=O) groups is 1. The molecule has 2 atom stereocenters. The first-order valence-corrected chi connectivity index (χ1v) is 10.9. The molecular formula is C20H24N2O5S. The summed E-state index contributed by atoms with van der Waals surface area (Å²) in [5.74, 6) is -0.925. The Labute approximate surface area is 164 Å². The van der Waals surface area contributed by atoms with Gasteiger partial charge < -0.3 is 20.4 Å². The lowest BCUT2D eigenvalue weighted by molar-refractivity contribution is -0.115. The molecule has 8 heteroatoms. The normalized spacial score (nSPS) is 20.6. The Balaban J connectivity index is 1.86. The number of rotatable bonds is 6. The van der Waals surface area contributed by atoms with Crippen LogP contribution in [0.5, 0.6) is 5.75 Å². The third-order valence-electron chi connectivity index (χ3n) is 4.84. The van der Waals surface area contributed by atoms with Crippen molar-refractivity contribution < 1.29 is 23.4 Å². The zero-order valence-electron chi connectivity index (χ0n) is 15.6. The highest BCUT2D eigenvalue weighted by Crippen LogP contribution is 2.27. The molecule has 150 valence electrons. The second-order valence-electron chi connectivity index (χ2n) is 6.92. The number of amides is 1. The summed E-state index contributed by atoms with van der Waals surface area (Å²) < 4.78 is 24.0. The van der Waals surface area contributed by atoms with Crippen LogP contribution < -0.4 is 10.2 Å². The van der Waals surface area contributed by atoms with Crippen LogP contribution in [0.2, 0.25) is 0 Å². The molecule has 0 radical (unpaired) electrons. The van der Waals surface area contributed by atoms with E-state index >= 15 is 0 Å². The number of aliphatic hydroxyl groups is 1. The molecule has 1 aliphatic rings. The van der Waals surface area contributed by atoms with Crippen molar-refractivity contribution in [3.05, 3.63) is 54.1 Å². The van der Waals surface area contributed by atoms with Crippen LogP contribution in [0.3, 0.4) is 0 Å². The maximum Gasteiger partial charge on any atom is 0.243 e. The first kappa shape index (κ1) is 20.2. The maximum atomic E-state index is 12.7. The van der Waals surface area contributed by atoms with Crippen molar-refractivity contribution in [2.45, 2.75) is 25.5 Å². The summed E-state index contributed by atoms with van der Waals surface area (Å²) in [5, 5.41) is 23.0. The van der Waals surface area contributed by atoms with E-state index < -0.39 is 22.0 Å². The fourth-order valence-electron chi connectivity index (χ4n) is 3.47. The molecule has 0 aromatic heterocycles. The van der Waals surface area contributed by atoms with Gasteiger partial charge in [-0.2, -0.15) is 0 Å². The van der Waals surface area contributed by atoms with Crippen LogP contribution in [0.15, 0.2) is 48.5 Å². The van der Waals surface area contributed by atoms with Gasteiger partial charge in [0.2, 0.25) is 5.91 Å². The molecule has 1 aliphatic heterocycles. The van der Waals surface area contributed by atoms with Crippen molar-refractivity contribution >= 4 is 27.1 Å². The number of aromatic hydroxyl groups is 1. The molecule has 1 fully saturated rings. The number of carbonyl (C=O) groups excluding carboxylic acids is 1. The number of nitrogens with one attached hydrogen (secondary N) is 1. The van der Waals surface area contributed by atoms with E-state index in [0.29, 0.717) is 11.4 Å². The van der Waals surface area contributed by atoms with Crippen LogP contribution in [0, 0.1) is 0 Å². The minimum absolute atomic E-state index is 0.00502. The van der Waals surface area contributed by atoms with Gasteiger partial charge in [0.15, 0.2) is 9.84 Å². The highest BCUT2D eigenvalue weighted by atomic mass is 32.2. The van der Waals surface area contributed by atoms with Gasteiger partial charge in [0.05, 0.1) is 30.2 Å². The molecule has 7 nitrogen and oxygen atoms in total. The molecule has 3 rings (SSSR count). The van der Waals surface area contributed by atoms with E-state index in [1.807, 2.05) is 31.2 Å². The molecule has 3 N–H and O–H groups in total. The van der Waals surface area contributed by atoms with Crippen molar-refractivity contribution in [1.29, 1.82) is 0 Å². The lowest BCUT2D eigenvalue weighted by atomic mass is 10.1. The predicted octanol–water partition coefficient (Wildman–Crippen LogP) is 1.56. The topological polar surface area (TPSA) is 107 Å². The zero-order valence-corrected chi connectivity index (χ0v) is 16.4. The van der Waals surface area contributed by atoms with Crippen molar-refractivity contribution in [2.24, 2.45) is 0 Å². The number of sulfone groups is 1. The van der Waals surface area contributed by atoms with Gasteiger partial charge in [-0.15, -0.1) is 0 Å². The minimum atomic E-state index is -3.40. The number of aryl methyl sites for hydroxylation is 1. The van der Waals surface area contributed by atoms with E-state index in [1.165, 1.54) is 12.1 Å². The molecule has 1 amide bonds. The summed E-state index contributed by atoms with van der Waals surface area (Å²) in [7, 11) is -3.40. The number of nitrogens with zero attached hydrogens (tertiary/aromatic N) is 1. The van der Waals surface area contributed by atoms with E-state index in [2.05, 4.69) is 5.32 Å². The Morgan fingerprint density at radius 1 is 1.18 bits per heavy atom. The molecule has 2 aromatic rings. The SMILES string of the molecule is CCc1ccccc1NC(=O)CN(c1cccc(O)c1)C1CS(=O)(=O)CC1O. The van der Waals surface area contributed by atoms with Crippen molar-refractivity contribution in [3.8, 4) is 5.75 Å². The molecule has 0 saturated carbocycles. The summed E-state index contributed by atoms with van der Waals surface area (Å²) in [4.78, 5) is 14.3. The number of hydrogen-bond donors (Lipinski definition) is 3. The molecule has 0 aliphatic carbocycles. The number of anilines is 2. The van der Waals surface area contributed by atoms with Gasteiger partial charge in [-0.3, -0.25) is 4.79 Å². The largest absolute Gasteiger partial charge is 0.508 e. The molecule has 2 aromatic carbocycles. The van der Waals surface area contributed by atoms with Gasteiger partial charge in [0.1, 0.15) is 5.75 Å². The van der Waals surface area contributed by atoms with Crippen LogP contribution in [0.25, 0.3) is 0 Å². The van der Waals surface area contributed by atoms with Gasteiger partial charge in [-0.05, 0) is 30.2 Å². The quantitative estimate of drug-likeness (QED) is 0.675. The molecule has 2 unspecified atom stereocenters. The number of hydrogen-bond acceptors (Lipinski definition) is 6. The first-order chi connectivity index (χ1) is 13.3. The third-order valence-corrected chi connectivity index (χ3v) is 6.54. The predicted molar refractivity (Wildman–Crippen MR) is 108 cm³/mol. The smallest absolute Gasteiger partial charge is 0.243 e. The Morgan fingerprint density at radius 3 is 2.57 bits per heavy atom. The number of phenols is 1. The third kappa shape index (κ3) is 4.63. The van der Waals surface area contributed by atoms with Gasteiger partial charge in [-0.1, -0.05) is 31.2 Å². The van der Waals surface area contributed by atoms with Crippen molar-refractivity contribution in [3.63, 3.8) is 0 Å². The maximum absolute atomic E-state index is 12.7. The molecule has 28 heavy (non-hydrogen) atoms. The van der Waals surface area contributed by atoms with Gasteiger partial charge >= 0.3 is 0 Å². The second-order valence-corrected chi connectivity index (χ2v) is 9.07. The van der Waals surface area contributed by atoms with Crippen LogP contribution in [0.4, 0.5) is 11.4 Å². The lowest BCUT2D eigenvalue weighted by Gasteiger charge is -2.32. The monoisotopic (exact) mass is 404 g/mol. The fraction of sp³-hybridized carbons (Fsp3) is 0.350. The summed E-state index contributed by atoms with van der Waals surface area (Å²) in [6.45, 7) is 1.84. The van der Waals surface area contributed by atoms with Crippen molar-refractivity contribution in [1.82, 2.24) is 0 Å². The molecule has 0 spiro atoms. The van der Waals surface area contributed by atoms with E-state index in [1.54, 1.807) is 17.0 Å². The average molecular weight is 404 g/mol. The summed E-state index contributed by atoms with van der Waals surface area (Å²) >= 11 is 0. The number of benzene rings is 2. The highest BCUT2D eigenvalue weighted by molar-refractivity contribution is 7.91. The van der Waals surface area contributed by atoms with E-state index in [9.17, 15) is 23.4 Å². The average Bonchev–Trinajstić information content (AvgIpc) is 2.92. The molecule has 1 heterocycles. The lowest BCUT2D eigenvalue weighted by Crippen LogP contribution is -2.47. The van der Waals surface area contributed by atoms with Crippen LogP contribution in [0.1, 0.15) is 12.5 Å². The highest BCUT2D eigenvalue weighted by Gasteiger charge is 2.40. The van der Waals surface area contributed by atoms with Crippen LogP contribution in [-0.4, -0.2) is 54.7 Å². The van der Waals surface area contributed by atoms with Crippen LogP contribution in [-0.2, 0) is 21.1 Å². The molecule has 1 saturated heterocycles.